The van der Waals surface area contributed by atoms with Crippen molar-refractivity contribution in [3.63, 3.8) is 0 Å². The summed E-state index contributed by atoms with van der Waals surface area (Å²) in [6.07, 6.45) is 1.10. The molecule has 0 aliphatic carbocycles. The zero-order chi connectivity index (χ0) is 12.7. The van der Waals surface area contributed by atoms with Crippen LogP contribution in [-0.4, -0.2) is 20.5 Å². The highest BCUT2D eigenvalue weighted by Crippen LogP contribution is 1.93. The molecule has 0 aromatic heterocycles. The van der Waals surface area contributed by atoms with Gasteiger partial charge in [0, 0.05) is 0 Å². The van der Waals surface area contributed by atoms with E-state index in [-0.39, 0.29) is 0 Å². The summed E-state index contributed by atoms with van der Waals surface area (Å²) in [7, 11) is 6.95. The minimum atomic E-state index is 1.10. The van der Waals surface area contributed by atoms with Gasteiger partial charge in [0.1, 0.15) is 0 Å². The van der Waals surface area contributed by atoms with Crippen molar-refractivity contribution in [2.45, 2.75) is 20.3 Å². The summed E-state index contributed by atoms with van der Waals surface area (Å²) in [4.78, 5) is 0. The van der Waals surface area contributed by atoms with Crippen molar-refractivity contribution in [3.05, 3.63) is 59.7 Å². The predicted octanol–water partition coefficient (Wildman–Crippen LogP) is 1.83. The van der Waals surface area contributed by atoms with E-state index in [1.165, 1.54) is 21.5 Å². The molecule has 6 radical (unpaired) electrons. The van der Waals surface area contributed by atoms with Gasteiger partial charge in [0.15, 0.2) is 0 Å². The molecule has 2 rings (SSSR count). The fraction of sp³-hybridized carbons (Fsp3) is 0.200. The van der Waals surface area contributed by atoms with Gasteiger partial charge in [-0.15, -0.1) is 0 Å². The number of hydrogen-bond acceptors (Lipinski definition) is 0. The number of benzene rings is 2. The van der Waals surface area contributed by atoms with E-state index in [4.69, 9.17) is 0 Å². The number of rotatable bonds is 1. The van der Waals surface area contributed by atoms with Crippen molar-refractivity contribution < 1.29 is 0 Å². The van der Waals surface area contributed by atoms with E-state index in [1.54, 1.807) is 0 Å². The highest BCUT2D eigenvalue weighted by Gasteiger charge is 1.89. The van der Waals surface area contributed by atoms with Crippen LogP contribution in [-0.2, 0) is 6.42 Å². The fourth-order valence-electron chi connectivity index (χ4n) is 1.40. The molecule has 17 heavy (non-hydrogen) atoms. The molecule has 0 fully saturated rings. The molecule has 0 unspecified atom stereocenters. The first-order valence-corrected chi connectivity index (χ1v) is 6.72. The van der Waals surface area contributed by atoms with Gasteiger partial charge in [-0.25, -0.2) is 0 Å². The Morgan fingerprint density at radius 2 is 1.35 bits per heavy atom. The maximum absolute atomic E-state index is 3.50. The van der Waals surface area contributed by atoms with Crippen molar-refractivity contribution in [3.8, 4) is 0 Å². The summed E-state index contributed by atoms with van der Waals surface area (Å²) < 4.78 is 0. The standard InChI is InChI=1S/C8H9Si.C7H7Si/c1-2-7-5-3-4-6-8(7)9;1-6-4-2-3-5-7(6)8/h3-6H,2H2,1H3;2-5H,1H3. The van der Waals surface area contributed by atoms with Gasteiger partial charge in [-0.05, 0) is 18.9 Å². The van der Waals surface area contributed by atoms with Crippen LogP contribution in [0.1, 0.15) is 18.1 Å². The molecular formula is C15H16Si2. The Morgan fingerprint density at radius 3 is 1.71 bits per heavy atom. The Balaban J connectivity index is 0.000000171. The van der Waals surface area contributed by atoms with Crippen LogP contribution in [0.25, 0.3) is 0 Å². The fourth-order valence-corrected chi connectivity index (χ4v) is 1.94. The Labute approximate surface area is 111 Å². The van der Waals surface area contributed by atoms with Crippen molar-refractivity contribution in [1.29, 1.82) is 0 Å². The van der Waals surface area contributed by atoms with Crippen LogP contribution in [0.2, 0.25) is 0 Å². The zero-order valence-electron chi connectivity index (χ0n) is 10.3. The summed E-state index contributed by atoms with van der Waals surface area (Å²) in [6.45, 7) is 4.22. The van der Waals surface area contributed by atoms with E-state index in [1.807, 2.05) is 24.3 Å². The Kier molecular flexibility index (Phi) is 5.94. The van der Waals surface area contributed by atoms with Crippen molar-refractivity contribution >= 4 is 30.9 Å². The number of aryl methyl sites for hydroxylation is 2. The van der Waals surface area contributed by atoms with E-state index >= 15 is 0 Å². The second-order valence-corrected chi connectivity index (χ2v) is 4.90. The van der Waals surface area contributed by atoms with Gasteiger partial charge in [0.25, 0.3) is 0 Å². The van der Waals surface area contributed by atoms with Crippen LogP contribution < -0.4 is 10.4 Å². The van der Waals surface area contributed by atoms with Crippen LogP contribution in [0, 0.1) is 6.92 Å². The molecule has 2 aromatic carbocycles. The summed E-state index contributed by atoms with van der Waals surface area (Å²) >= 11 is 0. The average molecular weight is 252 g/mol. The lowest BCUT2D eigenvalue weighted by Gasteiger charge is -1.98. The molecule has 0 atom stereocenters. The first-order chi connectivity index (χ1) is 8.15. The van der Waals surface area contributed by atoms with E-state index in [9.17, 15) is 0 Å². The van der Waals surface area contributed by atoms with Crippen LogP contribution in [0.15, 0.2) is 48.5 Å². The van der Waals surface area contributed by atoms with Crippen molar-refractivity contribution in [2.24, 2.45) is 0 Å². The van der Waals surface area contributed by atoms with Gasteiger partial charge in [-0.3, -0.25) is 0 Å². The quantitative estimate of drug-likeness (QED) is 0.679. The Hall–Kier alpha value is -1.13. The van der Waals surface area contributed by atoms with E-state index in [2.05, 4.69) is 58.6 Å². The van der Waals surface area contributed by atoms with Crippen LogP contribution in [0.3, 0.4) is 0 Å². The smallest absolute Gasteiger partial charge is 0.0645 e. The maximum atomic E-state index is 3.50. The Bertz CT molecular complexity index is 443. The van der Waals surface area contributed by atoms with Gasteiger partial charge in [-0.1, -0.05) is 71.4 Å². The molecule has 0 nitrogen and oxygen atoms in total. The molecular weight excluding hydrogens is 236 g/mol. The van der Waals surface area contributed by atoms with Gasteiger partial charge in [0.05, 0.1) is 20.5 Å². The average Bonchev–Trinajstić information content (AvgIpc) is 2.34. The molecule has 0 heterocycles. The lowest BCUT2D eigenvalue weighted by molar-refractivity contribution is 1.15. The molecule has 0 bridgehead atoms. The SMILES string of the molecule is CCc1ccccc1[Si].Cc1ccccc1[Si]. The molecule has 0 aliphatic heterocycles. The second kappa shape index (κ2) is 7.25. The zero-order valence-corrected chi connectivity index (χ0v) is 12.3. The third-order valence-electron chi connectivity index (χ3n) is 2.54. The van der Waals surface area contributed by atoms with Gasteiger partial charge >= 0.3 is 0 Å². The monoisotopic (exact) mass is 252 g/mol. The van der Waals surface area contributed by atoms with Gasteiger partial charge < -0.3 is 0 Å². The Morgan fingerprint density at radius 1 is 0.824 bits per heavy atom. The first kappa shape index (κ1) is 13.9. The largest absolute Gasteiger partial charge is 0.0715 e. The van der Waals surface area contributed by atoms with Crippen LogP contribution in [0.5, 0.6) is 0 Å². The molecule has 84 valence electrons. The summed E-state index contributed by atoms with van der Waals surface area (Å²) in [5.74, 6) is 0. The van der Waals surface area contributed by atoms with E-state index in [0.717, 1.165) is 6.42 Å². The first-order valence-electron chi connectivity index (χ1n) is 5.72. The molecule has 0 aliphatic rings. The van der Waals surface area contributed by atoms with Crippen molar-refractivity contribution in [1.82, 2.24) is 0 Å². The summed E-state index contributed by atoms with van der Waals surface area (Å²) in [5.41, 5.74) is 2.65. The molecule has 0 spiro atoms. The van der Waals surface area contributed by atoms with Crippen LogP contribution in [0.4, 0.5) is 0 Å². The second-order valence-electron chi connectivity index (χ2n) is 3.83. The summed E-state index contributed by atoms with van der Waals surface area (Å²) in [6, 6.07) is 16.4. The van der Waals surface area contributed by atoms with Gasteiger partial charge in [0.2, 0.25) is 0 Å². The molecule has 0 saturated heterocycles. The van der Waals surface area contributed by atoms with Crippen LogP contribution >= 0.6 is 0 Å². The third-order valence-corrected chi connectivity index (χ3v) is 3.59. The van der Waals surface area contributed by atoms with Crippen molar-refractivity contribution in [2.75, 3.05) is 0 Å². The van der Waals surface area contributed by atoms with E-state index < -0.39 is 0 Å². The molecule has 0 N–H and O–H groups in total. The minimum Gasteiger partial charge on any atom is -0.0645 e. The third kappa shape index (κ3) is 4.71. The lowest BCUT2D eigenvalue weighted by Crippen LogP contribution is -2.07. The molecule has 2 heteroatoms. The van der Waals surface area contributed by atoms with E-state index in [0.29, 0.717) is 0 Å². The maximum Gasteiger partial charge on any atom is 0.0715 e. The topological polar surface area (TPSA) is 0 Å². The lowest BCUT2D eigenvalue weighted by atomic mass is 10.2. The minimum absolute atomic E-state index is 1.10. The highest BCUT2D eigenvalue weighted by molar-refractivity contribution is 6.33. The molecule has 2 aromatic rings. The van der Waals surface area contributed by atoms with Gasteiger partial charge in [-0.2, -0.15) is 0 Å². The number of hydrogen-bond donors (Lipinski definition) is 0. The molecule has 0 saturated carbocycles. The normalized spacial score (nSPS) is 9.41. The summed E-state index contributed by atoms with van der Waals surface area (Å²) in [5, 5.41) is 2.38. The highest BCUT2D eigenvalue weighted by atomic mass is 28.1. The molecule has 0 amide bonds. The predicted molar refractivity (Wildman–Crippen MR) is 77.8 cm³/mol.